The molecule has 0 spiro atoms. The van der Waals surface area contributed by atoms with Gasteiger partial charge in [0.05, 0.1) is 11.1 Å². The van der Waals surface area contributed by atoms with Gasteiger partial charge >= 0.3 is 0 Å². The molecule has 0 atom stereocenters. The first-order chi connectivity index (χ1) is 11.4. The molecular formula is C16H11BrClN5O. The number of hydrogen-bond donors (Lipinski definition) is 2. The standard InChI is InChI=1S/C16H11BrClN5O/c1-7-8(2)13(21-15(18)11(7)6-19)16(24)20-9-3-4-12-10(5-9)14(17)23-22-12/h3-5H,1-2H3,(H,20,24)(H,22,23). The van der Waals surface area contributed by atoms with Crippen LogP contribution in [0.3, 0.4) is 0 Å². The van der Waals surface area contributed by atoms with Crippen LogP contribution >= 0.6 is 27.5 Å². The maximum atomic E-state index is 12.5. The molecule has 0 aliphatic heterocycles. The number of carbonyl (C=O) groups excluding carboxylic acids is 1. The maximum absolute atomic E-state index is 12.5. The molecule has 1 amide bonds. The second kappa shape index (κ2) is 6.23. The van der Waals surface area contributed by atoms with E-state index in [4.69, 9.17) is 16.9 Å². The number of fused-ring (bicyclic) bond motifs is 1. The van der Waals surface area contributed by atoms with Gasteiger partial charge in [-0.3, -0.25) is 9.89 Å². The van der Waals surface area contributed by atoms with Crippen molar-refractivity contribution in [2.45, 2.75) is 13.8 Å². The minimum atomic E-state index is -0.388. The second-order valence-corrected chi connectivity index (χ2v) is 6.36. The average Bonchev–Trinajstić information content (AvgIpc) is 2.92. The van der Waals surface area contributed by atoms with Gasteiger partial charge in [0.25, 0.3) is 5.91 Å². The highest BCUT2D eigenvalue weighted by Crippen LogP contribution is 2.26. The number of halogens is 2. The van der Waals surface area contributed by atoms with E-state index in [-0.39, 0.29) is 22.3 Å². The Balaban J connectivity index is 1.97. The average molecular weight is 405 g/mol. The molecule has 0 saturated heterocycles. The van der Waals surface area contributed by atoms with Gasteiger partial charge in [-0.2, -0.15) is 10.4 Å². The molecular weight excluding hydrogens is 394 g/mol. The molecule has 3 rings (SSSR count). The molecule has 2 aromatic heterocycles. The molecule has 8 heteroatoms. The number of anilines is 1. The number of benzene rings is 1. The molecule has 24 heavy (non-hydrogen) atoms. The molecule has 3 aromatic rings. The van der Waals surface area contributed by atoms with Crippen molar-refractivity contribution in [3.63, 3.8) is 0 Å². The summed E-state index contributed by atoms with van der Waals surface area (Å²) < 4.78 is 0.736. The third-order valence-corrected chi connectivity index (χ3v) is 4.68. The lowest BCUT2D eigenvalue weighted by Crippen LogP contribution is -2.16. The lowest BCUT2D eigenvalue weighted by atomic mass is 10.0. The first-order valence-corrected chi connectivity index (χ1v) is 8.11. The smallest absolute Gasteiger partial charge is 0.274 e. The summed E-state index contributed by atoms with van der Waals surface area (Å²) in [6, 6.07) is 7.35. The van der Waals surface area contributed by atoms with Crippen LogP contribution in [0.5, 0.6) is 0 Å². The lowest BCUT2D eigenvalue weighted by Gasteiger charge is -2.11. The summed E-state index contributed by atoms with van der Waals surface area (Å²) >= 11 is 9.37. The van der Waals surface area contributed by atoms with Crippen molar-refractivity contribution in [2.75, 3.05) is 5.32 Å². The fourth-order valence-electron chi connectivity index (χ4n) is 2.36. The predicted octanol–water partition coefficient (Wildman–Crippen LogP) is 4.11. The Bertz CT molecular complexity index is 1020. The molecule has 0 fully saturated rings. The number of carbonyl (C=O) groups is 1. The largest absolute Gasteiger partial charge is 0.321 e. The maximum Gasteiger partial charge on any atom is 0.274 e. The highest BCUT2D eigenvalue weighted by molar-refractivity contribution is 9.10. The molecule has 2 heterocycles. The predicted molar refractivity (Wildman–Crippen MR) is 95.2 cm³/mol. The van der Waals surface area contributed by atoms with Crippen LogP contribution in [0.15, 0.2) is 22.8 Å². The molecule has 120 valence electrons. The monoisotopic (exact) mass is 403 g/mol. The molecule has 0 saturated carbocycles. The number of hydrogen-bond acceptors (Lipinski definition) is 4. The fraction of sp³-hybridized carbons (Fsp3) is 0.125. The van der Waals surface area contributed by atoms with Crippen molar-refractivity contribution >= 4 is 50.0 Å². The van der Waals surface area contributed by atoms with Gasteiger partial charge < -0.3 is 5.32 Å². The van der Waals surface area contributed by atoms with Gasteiger partial charge in [0, 0.05) is 11.1 Å². The van der Waals surface area contributed by atoms with Crippen molar-refractivity contribution in [1.29, 1.82) is 5.26 Å². The molecule has 0 aliphatic rings. The van der Waals surface area contributed by atoms with Crippen molar-refractivity contribution in [3.8, 4) is 6.07 Å². The van der Waals surface area contributed by atoms with E-state index in [0.717, 1.165) is 15.5 Å². The highest BCUT2D eigenvalue weighted by Gasteiger charge is 2.18. The number of nitrogens with zero attached hydrogens (tertiary/aromatic N) is 3. The molecule has 0 bridgehead atoms. The van der Waals surface area contributed by atoms with E-state index in [1.165, 1.54) is 0 Å². The molecule has 1 aromatic carbocycles. The van der Waals surface area contributed by atoms with Crippen LogP contribution in [-0.4, -0.2) is 21.1 Å². The summed E-state index contributed by atoms with van der Waals surface area (Å²) in [4.78, 5) is 16.6. The Labute approximate surface area is 151 Å². The van der Waals surface area contributed by atoms with Crippen LogP contribution in [0.1, 0.15) is 27.2 Å². The number of amides is 1. The topological polar surface area (TPSA) is 94.5 Å². The zero-order valence-corrected chi connectivity index (χ0v) is 15.1. The normalized spacial score (nSPS) is 10.6. The summed E-state index contributed by atoms with van der Waals surface area (Å²) in [5.41, 5.74) is 3.15. The summed E-state index contributed by atoms with van der Waals surface area (Å²) in [5.74, 6) is -0.388. The third kappa shape index (κ3) is 2.75. The Hall–Kier alpha value is -2.43. The Kier molecular flexibility index (Phi) is 4.26. The summed E-state index contributed by atoms with van der Waals surface area (Å²) in [6.45, 7) is 3.48. The molecule has 2 N–H and O–H groups in total. The summed E-state index contributed by atoms with van der Waals surface area (Å²) in [7, 11) is 0. The van der Waals surface area contributed by atoms with E-state index in [1.54, 1.807) is 32.0 Å². The van der Waals surface area contributed by atoms with Crippen LogP contribution in [0.4, 0.5) is 5.69 Å². The Morgan fingerprint density at radius 1 is 1.38 bits per heavy atom. The molecule has 0 radical (unpaired) electrons. The van der Waals surface area contributed by atoms with Crippen molar-refractivity contribution in [2.24, 2.45) is 0 Å². The van der Waals surface area contributed by atoms with Crippen LogP contribution in [0, 0.1) is 25.2 Å². The fourth-order valence-corrected chi connectivity index (χ4v) is 3.03. The van der Waals surface area contributed by atoms with E-state index in [1.807, 2.05) is 6.07 Å². The van der Waals surface area contributed by atoms with E-state index in [9.17, 15) is 4.79 Å². The summed E-state index contributed by atoms with van der Waals surface area (Å²) in [6.07, 6.45) is 0. The lowest BCUT2D eigenvalue weighted by molar-refractivity contribution is 0.102. The Morgan fingerprint density at radius 3 is 2.83 bits per heavy atom. The van der Waals surface area contributed by atoms with Gasteiger partial charge in [0.15, 0.2) is 0 Å². The highest BCUT2D eigenvalue weighted by atomic mass is 79.9. The van der Waals surface area contributed by atoms with Gasteiger partial charge in [-0.15, -0.1) is 0 Å². The van der Waals surface area contributed by atoms with E-state index < -0.39 is 0 Å². The van der Waals surface area contributed by atoms with Gasteiger partial charge in [-0.1, -0.05) is 11.6 Å². The Morgan fingerprint density at radius 2 is 2.12 bits per heavy atom. The van der Waals surface area contributed by atoms with Crippen LogP contribution < -0.4 is 5.32 Å². The number of aromatic nitrogens is 3. The molecule has 0 unspecified atom stereocenters. The second-order valence-electron chi connectivity index (χ2n) is 5.21. The molecule has 6 nitrogen and oxygen atoms in total. The van der Waals surface area contributed by atoms with Crippen molar-refractivity contribution in [1.82, 2.24) is 15.2 Å². The van der Waals surface area contributed by atoms with Gasteiger partial charge in [-0.25, -0.2) is 4.98 Å². The number of nitrogens with one attached hydrogen (secondary N) is 2. The van der Waals surface area contributed by atoms with Crippen LogP contribution in [0.2, 0.25) is 5.15 Å². The number of pyridine rings is 1. The minimum Gasteiger partial charge on any atom is -0.321 e. The third-order valence-electron chi connectivity index (χ3n) is 3.80. The number of aromatic amines is 1. The quantitative estimate of drug-likeness (QED) is 0.628. The zero-order valence-electron chi connectivity index (χ0n) is 12.7. The van der Waals surface area contributed by atoms with Crippen LogP contribution in [0.25, 0.3) is 10.9 Å². The minimum absolute atomic E-state index is 0.0266. The van der Waals surface area contributed by atoms with Crippen molar-refractivity contribution < 1.29 is 4.79 Å². The van der Waals surface area contributed by atoms with E-state index in [0.29, 0.717) is 16.8 Å². The van der Waals surface area contributed by atoms with Crippen molar-refractivity contribution in [3.05, 3.63) is 50.3 Å². The zero-order chi connectivity index (χ0) is 17.4. The van der Waals surface area contributed by atoms with Gasteiger partial charge in [0.1, 0.15) is 21.5 Å². The van der Waals surface area contributed by atoms with Gasteiger partial charge in [-0.05, 0) is 59.1 Å². The number of nitriles is 1. The van der Waals surface area contributed by atoms with Crippen LogP contribution in [-0.2, 0) is 0 Å². The van der Waals surface area contributed by atoms with E-state index >= 15 is 0 Å². The first-order valence-electron chi connectivity index (χ1n) is 6.94. The first kappa shape index (κ1) is 16.4. The number of H-pyrrole nitrogens is 1. The summed E-state index contributed by atoms with van der Waals surface area (Å²) in [5, 5.41) is 19.7. The SMILES string of the molecule is Cc1c(C(=O)Nc2ccc3n[nH]c(Br)c3c2)nc(Cl)c(C#N)c1C. The van der Waals surface area contributed by atoms with E-state index in [2.05, 4.69) is 36.4 Å². The molecule has 0 aliphatic carbocycles. The number of rotatable bonds is 2. The van der Waals surface area contributed by atoms with Gasteiger partial charge in [0.2, 0.25) is 0 Å².